The van der Waals surface area contributed by atoms with Gasteiger partial charge in [0.15, 0.2) is 4.34 Å². The number of aromatic nitrogens is 3. The monoisotopic (exact) mass is 414 g/mol. The van der Waals surface area contributed by atoms with Gasteiger partial charge in [-0.05, 0) is 36.4 Å². The van der Waals surface area contributed by atoms with E-state index in [4.69, 9.17) is 9.15 Å². The van der Waals surface area contributed by atoms with E-state index in [1.807, 2.05) is 24.3 Å². The van der Waals surface area contributed by atoms with Gasteiger partial charge in [0.25, 0.3) is 0 Å². The van der Waals surface area contributed by atoms with Crippen LogP contribution in [0.2, 0.25) is 0 Å². The predicted molar refractivity (Wildman–Crippen MR) is 108 cm³/mol. The Hall–Kier alpha value is -2.91. The van der Waals surface area contributed by atoms with Gasteiger partial charge in [-0.1, -0.05) is 35.2 Å². The van der Waals surface area contributed by atoms with Gasteiger partial charge >= 0.3 is 0 Å². The highest BCUT2D eigenvalue weighted by atomic mass is 32.2. The van der Waals surface area contributed by atoms with E-state index in [1.165, 1.54) is 35.2 Å². The molecule has 0 radical (unpaired) electrons. The van der Waals surface area contributed by atoms with Crippen LogP contribution in [0.4, 0.5) is 15.2 Å². The molecular formula is C19H15FN4O2S2. The first kappa shape index (κ1) is 18.5. The van der Waals surface area contributed by atoms with E-state index in [-0.39, 0.29) is 5.82 Å². The Balaban J connectivity index is 1.38. The fourth-order valence-corrected chi connectivity index (χ4v) is 4.06. The van der Waals surface area contributed by atoms with E-state index >= 15 is 0 Å². The van der Waals surface area contributed by atoms with E-state index in [2.05, 4.69) is 20.5 Å². The molecule has 0 saturated heterocycles. The van der Waals surface area contributed by atoms with Gasteiger partial charge < -0.3 is 14.5 Å². The molecule has 9 heteroatoms. The Bertz CT molecular complexity index is 1070. The lowest BCUT2D eigenvalue weighted by Crippen LogP contribution is -1.93. The van der Waals surface area contributed by atoms with Crippen LogP contribution in [0.5, 0.6) is 5.75 Å². The number of oxazole rings is 1. The number of ether oxygens (including phenoxy) is 1. The van der Waals surface area contributed by atoms with Crippen molar-refractivity contribution < 1.29 is 13.5 Å². The smallest absolute Gasteiger partial charge is 0.226 e. The second-order valence-corrected chi connectivity index (χ2v) is 7.84. The fourth-order valence-electron chi connectivity index (χ4n) is 2.42. The third kappa shape index (κ3) is 4.32. The number of halogens is 1. The zero-order valence-electron chi connectivity index (χ0n) is 14.8. The quantitative estimate of drug-likeness (QED) is 0.407. The molecule has 0 fully saturated rings. The average molecular weight is 414 g/mol. The van der Waals surface area contributed by atoms with Crippen molar-refractivity contribution in [1.29, 1.82) is 0 Å². The number of methoxy groups -OCH3 is 1. The summed E-state index contributed by atoms with van der Waals surface area (Å²) in [6.07, 6.45) is 1.60. The highest BCUT2D eigenvalue weighted by molar-refractivity contribution is 8.00. The van der Waals surface area contributed by atoms with Gasteiger partial charge in [0.1, 0.15) is 17.8 Å². The van der Waals surface area contributed by atoms with Crippen LogP contribution in [-0.4, -0.2) is 22.3 Å². The van der Waals surface area contributed by atoms with E-state index in [0.29, 0.717) is 16.8 Å². The van der Waals surface area contributed by atoms with Crippen LogP contribution in [-0.2, 0) is 5.75 Å². The van der Waals surface area contributed by atoms with E-state index in [0.717, 1.165) is 27.0 Å². The summed E-state index contributed by atoms with van der Waals surface area (Å²) in [6, 6.07) is 13.7. The number of hydrogen-bond acceptors (Lipinski definition) is 8. The van der Waals surface area contributed by atoms with Crippen LogP contribution >= 0.6 is 23.1 Å². The normalized spacial score (nSPS) is 10.8. The number of hydrogen-bond donors (Lipinski definition) is 1. The first-order valence-corrected chi connectivity index (χ1v) is 10.1. The van der Waals surface area contributed by atoms with Crippen molar-refractivity contribution in [2.75, 3.05) is 12.4 Å². The van der Waals surface area contributed by atoms with Gasteiger partial charge in [-0.2, -0.15) is 0 Å². The second kappa shape index (κ2) is 8.41. The molecule has 0 aliphatic carbocycles. The molecule has 0 atom stereocenters. The summed E-state index contributed by atoms with van der Waals surface area (Å²) in [6.45, 7) is 0. The van der Waals surface area contributed by atoms with Crippen LogP contribution in [0.1, 0.15) is 5.69 Å². The largest absolute Gasteiger partial charge is 0.495 e. The lowest BCUT2D eigenvalue weighted by Gasteiger charge is -2.07. The minimum atomic E-state index is -0.292. The van der Waals surface area contributed by atoms with E-state index < -0.39 is 0 Å². The van der Waals surface area contributed by atoms with Gasteiger partial charge in [0.2, 0.25) is 11.0 Å². The van der Waals surface area contributed by atoms with Crippen LogP contribution in [0.15, 0.2) is 63.6 Å². The first-order valence-electron chi connectivity index (χ1n) is 8.28. The predicted octanol–water partition coefficient (Wildman–Crippen LogP) is 5.38. The summed E-state index contributed by atoms with van der Waals surface area (Å²) in [5, 5.41) is 12.2. The summed E-state index contributed by atoms with van der Waals surface area (Å²) >= 11 is 2.96. The van der Waals surface area contributed by atoms with Crippen LogP contribution in [0.3, 0.4) is 0 Å². The molecule has 0 aliphatic heterocycles. The molecule has 1 N–H and O–H groups in total. The van der Waals surface area contributed by atoms with Crippen molar-refractivity contribution in [1.82, 2.24) is 15.2 Å². The van der Waals surface area contributed by atoms with Crippen LogP contribution < -0.4 is 10.1 Å². The molecule has 0 aliphatic rings. The summed E-state index contributed by atoms with van der Waals surface area (Å²) in [4.78, 5) is 4.44. The van der Waals surface area contributed by atoms with Crippen molar-refractivity contribution in [2.24, 2.45) is 0 Å². The Labute approximate surface area is 168 Å². The van der Waals surface area contributed by atoms with Crippen molar-refractivity contribution in [2.45, 2.75) is 10.1 Å². The molecule has 2 aromatic carbocycles. The number of thioether (sulfide) groups is 1. The molecule has 0 amide bonds. The second-order valence-electron chi connectivity index (χ2n) is 5.64. The highest BCUT2D eigenvalue weighted by Gasteiger charge is 2.11. The number of para-hydroxylation sites is 2. The molecule has 6 nitrogen and oxygen atoms in total. The van der Waals surface area contributed by atoms with Crippen LogP contribution in [0, 0.1) is 5.82 Å². The summed E-state index contributed by atoms with van der Waals surface area (Å²) in [7, 11) is 1.63. The lowest BCUT2D eigenvalue weighted by molar-refractivity contribution is 0.417. The Kier molecular flexibility index (Phi) is 5.54. The SMILES string of the molecule is COc1ccccc1Nc1nnc(SCc2coc(-c3ccc(F)cc3)n2)s1. The maximum atomic E-state index is 13.0. The fraction of sp³-hybridized carbons (Fsp3) is 0.105. The molecule has 2 aromatic heterocycles. The zero-order valence-corrected chi connectivity index (χ0v) is 16.4. The molecular weight excluding hydrogens is 399 g/mol. The zero-order chi connectivity index (χ0) is 19.3. The molecule has 0 saturated carbocycles. The van der Waals surface area contributed by atoms with Crippen molar-refractivity contribution in [3.8, 4) is 17.2 Å². The molecule has 4 rings (SSSR count). The van der Waals surface area contributed by atoms with Crippen molar-refractivity contribution in [3.63, 3.8) is 0 Å². The lowest BCUT2D eigenvalue weighted by atomic mass is 10.2. The van der Waals surface area contributed by atoms with Gasteiger partial charge in [-0.3, -0.25) is 0 Å². The van der Waals surface area contributed by atoms with Crippen molar-refractivity contribution in [3.05, 3.63) is 66.3 Å². The summed E-state index contributed by atoms with van der Waals surface area (Å²) < 4.78 is 24.6. The van der Waals surface area contributed by atoms with Gasteiger partial charge in [-0.25, -0.2) is 9.37 Å². The molecule has 0 bridgehead atoms. The summed E-state index contributed by atoms with van der Waals surface area (Å²) in [5.41, 5.74) is 2.34. The number of nitrogens with zero attached hydrogens (tertiary/aromatic N) is 3. The molecule has 28 heavy (non-hydrogen) atoms. The Morgan fingerprint density at radius 3 is 2.79 bits per heavy atom. The standard InChI is InChI=1S/C19H15FN4O2S2/c1-25-16-5-3-2-4-15(16)22-18-23-24-19(28-18)27-11-14-10-26-17(21-14)12-6-8-13(20)9-7-12/h2-10H,11H2,1H3,(H,22,23). The number of anilines is 2. The first-order chi connectivity index (χ1) is 13.7. The Morgan fingerprint density at radius 1 is 1.14 bits per heavy atom. The van der Waals surface area contributed by atoms with Crippen molar-refractivity contribution >= 4 is 33.9 Å². The number of rotatable bonds is 7. The third-order valence-electron chi connectivity index (χ3n) is 3.74. The molecule has 4 aromatic rings. The minimum absolute atomic E-state index is 0.292. The minimum Gasteiger partial charge on any atom is -0.495 e. The maximum Gasteiger partial charge on any atom is 0.226 e. The van der Waals surface area contributed by atoms with E-state index in [1.54, 1.807) is 25.5 Å². The summed E-state index contributed by atoms with van der Waals surface area (Å²) in [5.74, 6) is 1.50. The maximum absolute atomic E-state index is 13.0. The number of benzene rings is 2. The topological polar surface area (TPSA) is 73.1 Å². The third-order valence-corrected chi connectivity index (χ3v) is 5.75. The molecule has 142 valence electrons. The average Bonchev–Trinajstić information content (AvgIpc) is 3.37. The van der Waals surface area contributed by atoms with Gasteiger partial charge in [-0.15, -0.1) is 10.2 Å². The van der Waals surface area contributed by atoms with Gasteiger partial charge in [0, 0.05) is 11.3 Å². The molecule has 0 unspecified atom stereocenters. The van der Waals surface area contributed by atoms with Gasteiger partial charge in [0.05, 0.1) is 18.5 Å². The van der Waals surface area contributed by atoms with E-state index in [9.17, 15) is 4.39 Å². The molecule has 2 heterocycles. The highest BCUT2D eigenvalue weighted by Crippen LogP contribution is 2.32. The van der Waals surface area contributed by atoms with Crippen LogP contribution in [0.25, 0.3) is 11.5 Å². The Morgan fingerprint density at radius 2 is 1.96 bits per heavy atom. The number of nitrogens with one attached hydrogen (secondary N) is 1. The molecule has 0 spiro atoms.